The van der Waals surface area contributed by atoms with Crippen LogP contribution < -0.4 is 13.8 Å². The molecule has 0 fully saturated rings. The van der Waals surface area contributed by atoms with Gasteiger partial charge in [-0.3, -0.25) is 4.79 Å². The summed E-state index contributed by atoms with van der Waals surface area (Å²) in [5, 5.41) is 0.903. The van der Waals surface area contributed by atoms with Gasteiger partial charge in [0.15, 0.2) is 6.10 Å². The minimum Gasteiger partial charge on any atom is -0.497 e. The Kier molecular flexibility index (Phi) is 7.33. The number of methoxy groups -OCH3 is 1. The number of anilines is 1. The summed E-state index contributed by atoms with van der Waals surface area (Å²) >= 11 is 11.9. The molecule has 3 aromatic carbocycles. The Hall–Kier alpha value is -2.74. The number of ether oxygens (including phenoxy) is 2. The van der Waals surface area contributed by atoms with Crippen LogP contribution in [0.4, 0.5) is 5.69 Å². The van der Waals surface area contributed by atoms with Gasteiger partial charge in [-0.15, -0.1) is 0 Å². The van der Waals surface area contributed by atoms with Gasteiger partial charge in [0.1, 0.15) is 11.5 Å². The van der Waals surface area contributed by atoms with Crippen molar-refractivity contribution in [2.75, 3.05) is 11.4 Å². The molecule has 0 radical (unpaired) electrons. The molecule has 0 aliphatic rings. The van der Waals surface area contributed by atoms with E-state index in [-0.39, 0.29) is 10.6 Å². The second-order valence-electron chi connectivity index (χ2n) is 6.93. The van der Waals surface area contributed by atoms with Crippen LogP contribution in [0.15, 0.2) is 71.6 Å². The lowest BCUT2D eigenvalue weighted by atomic mass is 10.2. The summed E-state index contributed by atoms with van der Waals surface area (Å²) in [5.41, 5.74) is 0.864. The maximum Gasteiger partial charge on any atom is 0.281 e. The first-order chi connectivity index (χ1) is 15.1. The van der Waals surface area contributed by atoms with Crippen molar-refractivity contribution in [3.05, 3.63) is 82.3 Å². The fourth-order valence-corrected chi connectivity index (χ4v) is 4.79. The molecule has 9 heteroatoms. The number of halogens is 2. The highest BCUT2D eigenvalue weighted by molar-refractivity contribution is 7.93. The number of benzene rings is 3. The van der Waals surface area contributed by atoms with Gasteiger partial charge in [0.05, 0.1) is 17.7 Å². The highest BCUT2D eigenvalue weighted by atomic mass is 35.5. The van der Waals surface area contributed by atoms with Crippen LogP contribution in [-0.2, 0) is 14.8 Å². The fourth-order valence-electron chi connectivity index (χ4n) is 2.97. The normalized spacial score (nSPS) is 12.2. The Labute approximate surface area is 197 Å². The van der Waals surface area contributed by atoms with Crippen molar-refractivity contribution in [2.45, 2.75) is 24.8 Å². The Balaban J connectivity index is 2.02. The number of amides is 1. The van der Waals surface area contributed by atoms with Gasteiger partial charge in [0.2, 0.25) is 0 Å². The number of rotatable bonds is 7. The molecule has 3 rings (SSSR count). The Bertz CT molecular complexity index is 1210. The fraction of sp³-hybridized carbons (Fsp3) is 0.174. The van der Waals surface area contributed by atoms with E-state index in [0.717, 1.165) is 4.31 Å². The van der Waals surface area contributed by atoms with Crippen LogP contribution in [0.3, 0.4) is 0 Å². The molecule has 0 aliphatic heterocycles. The Morgan fingerprint density at radius 2 is 1.53 bits per heavy atom. The maximum absolute atomic E-state index is 13.5. The molecule has 1 atom stereocenters. The second-order valence-corrected chi connectivity index (χ2v) is 9.59. The number of hydrogen-bond donors (Lipinski definition) is 0. The van der Waals surface area contributed by atoms with Crippen LogP contribution >= 0.6 is 23.2 Å². The standard InChI is InChI=1S/C23H21Cl2NO5S/c1-15-14-18(25)6-13-22(15)31-16(2)23(27)26(19-7-9-20(30-3)10-8-19)32(28,29)21-11-4-17(24)5-12-21/h4-14,16H,1-3H3. The van der Waals surface area contributed by atoms with E-state index in [1.165, 1.54) is 50.4 Å². The van der Waals surface area contributed by atoms with Crippen molar-refractivity contribution in [1.82, 2.24) is 0 Å². The Morgan fingerprint density at radius 3 is 2.09 bits per heavy atom. The SMILES string of the molecule is COc1ccc(N(C(=O)C(C)Oc2ccc(Cl)cc2C)S(=O)(=O)c2ccc(Cl)cc2)cc1. The minimum absolute atomic E-state index is 0.0825. The largest absolute Gasteiger partial charge is 0.497 e. The number of sulfonamides is 1. The summed E-state index contributed by atoms with van der Waals surface area (Å²) in [6.45, 7) is 3.27. The quantitative estimate of drug-likeness (QED) is 0.434. The third kappa shape index (κ3) is 5.18. The maximum atomic E-state index is 13.5. The Morgan fingerprint density at radius 1 is 0.938 bits per heavy atom. The molecular weight excluding hydrogens is 473 g/mol. The van der Waals surface area contributed by atoms with Crippen molar-refractivity contribution in [1.29, 1.82) is 0 Å². The summed E-state index contributed by atoms with van der Waals surface area (Å²) in [5.74, 6) is 0.180. The van der Waals surface area contributed by atoms with Crippen LogP contribution in [0.5, 0.6) is 11.5 Å². The lowest BCUT2D eigenvalue weighted by molar-refractivity contribution is -0.123. The third-order valence-corrected chi connectivity index (χ3v) is 6.87. The predicted octanol–water partition coefficient (Wildman–Crippen LogP) is 5.50. The number of carbonyl (C=O) groups is 1. The second kappa shape index (κ2) is 9.81. The van der Waals surface area contributed by atoms with Gasteiger partial charge in [-0.05, 0) is 86.1 Å². The van der Waals surface area contributed by atoms with E-state index < -0.39 is 22.0 Å². The van der Waals surface area contributed by atoms with Crippen LogP contribution in [0.1, 0.15) is 12.5 Å². The van der Waals surface area contributed by atoms with E-state index in [1.807, 2.05) is 0 Å². The first-order valence-electron chi connectivity index (χ1n) is 9.55. The topological polar surface area (TPSA) is 72.9 Å². The monoisotopic (exact) mass is 493 g/mol. The van der Waals surface area contributed by atoms with Gasteiger partial charge in [-0.1, -0.05) is 23.2 Å². The van der Waals surface area contributed by atoms with Crippen molar-refractivity contribution in [3.63, 3.8) is 0 Å². The van der Waals surface area contributed by atoms with Crippen molar-refractivity contribution >= 4 is 44.8 Å². The highest BCUT2D eigenvalue weighted by Gasteiger charge is 2.35. The van der Waals surface area contributed by atoms with Crippen molar-refractivity contribution in [3.8, 4) is 11.5 Å². The summed E-state index contributed by atoms with van der Waals surface area (Å²) in [6.07, 6.45) is -1.11. The predicted molar refractivity (Wildman–Crippen MR) is 125 cm³/mol. The molecule has 168 valence electrons. The summed E-state index contributed by atoms with van der Waals surface area (Å²) in [7, 11) is -2.77. The molecule has 0 aliphatic carbocycles. The zero-order valence-electron chi connectivity index (χ0n) is 17.6. The smallest absolute Gasteiger partial charge is 0.281 e. The minimum atomic E-state index is -4.26. The average Bonchev–Trinajstić information content (AvgIpc) is 2.76. The van der Waals surface area contributed by atoms with E-state index in [0.29, 0.717) is 27.1 Å². The van der Waals surface area contributed by atoms with Gasteiger partial charge >= 0.3 is 0 Å². The van der Waals surface area contributed by atoms with E-state index in [9.17, 15) is 13.2 Å². The number of carbonyl (C=O) groups excluding carboxylic acids is 1. The highest BCUT2D eigenvalue weighted by Crippen LogP contribution is 2.29. The third-order valence-electron chi connectivity index (χ3n) is 4.65. The van der Waals surface area contributed by atoms with Gasteiger partial charge in [-0.2, -0.15) is 4.31 Å². The molecule has 0 aromatic heterocycles. The molecule has 1 unspecified atom stereocenters. The summed E-state index contributed by atoms with van der Waals surface area (Å²) in [6, 6.07) is 16.7. The first-order valence-corrected chi connectivity index (χ1v) is 11.7. The van der Waals surface area contributed by atoms with Crippen LogP contribution in [0.25, 0.3) is 0 Å². The lowest BCUT2D eigenvalue weighted by Crippen LogP contribution is -2.44. The molecule has 0 saturated carbocycles. The molecule has 0 saturated heterocycles. The summed E-state index contributed by atoms with van der Waals surface area (Å²) < 4.78 is 38.6. The number of hydrogen-bond acceptors (Lipinski definition) is 5. The zero-order chi connectivity index (χ0) is 23.5. The number of aryl methyl sites for hydroxylation is 1. The van der Waals surface area contributed by atoms with Gasteiger partial charge < -0.3 is 9.47 Å². The van der Waals surface area contributed by atoms with Crippen molar-refractivity contribution < 1.29 is 22.7 Å². The molecule has 32 heavy (non-hydrogen) atoms. The molecule has 0 N–H and O–H groups in total. The molecule has 1 amide bonds. The van der Waals surface area contributed by atoms with Crippen LogP contribution in [-0.4, -0.2) is 27.5 Å². The molecule has 0 bridgehead atoms. The zero-order valence-corrected chi connectivity index (χ0v) is 19.9. The molecule has 3 aromatic rings. The van der Waals surface area contributed by atoms with Gasteiger partial charge in [0.25, 0.3) is 15.9 Å². The molecule has 0 spiro atoms. The van der Waals surface area contributed by atoms with Gasteiger partial charge in [0, 0.05) is 10.0 Å². The van der Waals surface area contributed by atoms with Gasteiger partial charge in [-0.25, -0.2) is 8.42 Å². The van der Waals surface area contributed by atoms with E-state index >= 15 is 0 Å². The average molecular weight is 494 g/mol. The lowest BCUT2D eigenvalue weighted by Gasteiger charge is -2.26. The van der Waals surface area contributed by atoms with Crippen LogP contribution in [0.2, 0.25) is 10.0 Å². The molecule has 6 nitrogen and oxygen atoms in total. The van der Waals surface area contributed by atoms with E-state index in [4.69, 9.17) is 32.7 Å². The van der Waals surface area contributed by atoms with E-state index in [1.54, 1.807) is 37.3 Å². The molecular formula is C23H21Cl2NO5S. The summed E-state index contributed by atoms with van der Waals surface area (Å²) in [4.78, 5) is 13.3. The van der Waals surface area contributed by atoms with Crippen molar-refractivity contribution in [2.24, 2.45) is 0 Å². The number of nitrogens with zero attached hydrogens (tertiary/aromatic N) is 1. The van der Waals surface area contributed by atoms with E-state index in [2.05, 4.69) is 0 Å². The first kappa shape index (κ1) is 23.9. The molecule has 0 heterocycles. The van der Waals surface area contributed by atoms with Crippen LogP contribution in [0, 0.1) is 6.92 Å².